The van der Waals surface area contributed by atoms with E-state index in [1.165, 1.54) is 32.0 Å². The molecule has 1 atom stereocenters. The number of carboxylic acid groups (broad SMARTS) is 1. The zero-order valence-electron chi connectivity index (χ0n) is 13.4. The van der Waals surface area contributed by atoms with Gasteiger partial charge < -0.3 is 15.2 Å². The van der Waals surface area contributed by atoms with Crippen molar-refractivity contribution in [1.82, 2.24) is 5.32 Å². The van der Waals surface area contributed by atoms with Crippen molar-refractivity contribution in [3.05, 3.63) is 35.6 Å². The van der Waals surface area contributed by atoms with Crippen LogP contribution in [0, 0.1) is 11.2 Å². The van der Waals surface area contributed by atoms with Gasteiger partial charge >= 0.3 is 12.1 Å². The number of benzene rings is 1. The fraction of sp³-hybridized carbons (Fsp3) is 0.500. The fourth-order valence-corrected chi connectivity index (χ4v) is 1.91. The van der Waals surface area contributed by atoms with E-state index in [2.05, 4.69) is 5.32 Å². The smallest absolute Gasteiger partial charge is 0.408 e. The molecular weight excluding hydrogens is 289 g/mol. The minimum Gasteiger partial charge on any atom is -0.481 e. The van der Waals surface area contributed by atoms with Gasteiger partial charge in [-0.1, -0.05) is 18.2 Å². The van der Waals surface area contributed by atoms with Crippen LogP contribution in [0.5, 0.6) is 0 Å². The summed E-state index contributed by atoms with van der Waals surface area (Å²) in [7, 11) is 0. The van der Waals surface area contributed by atoms with E-state index in [1.54, 1.807) is 26.8 Å². The molecule has 0 aliphatic rings. The van der Waals surface area contributed by atoms with Gasteiger partial charge in [0.2, 0.25) is 0 Å². The van der Waals surface area contributed by atoms with Crippen LogP contribution in [0.4, 0.5) is 9.18 Å². The quantitative estimate of drug-likeness (QED) is 0.892. The number of ether oxygens (including phenoxy) is 1. The average molecular weight is 311 g/mol. The van der Waals surface area contributed by atoms with Crippen molar-refractivity contribution in [2.45, 2.75) is 46.3 Å². The van der Waals surface area contributed by atoms with Crippen molar-refractivity contribution in [2.75, 3.05) is 0 Å². The Morgan fingerprint density at radius 2 is 1.73 bits per heavy atom. The number of amides is 1. The second-order valence-electron chi connectivity index (χ2n) is 6.63. The summed E-state index contributed by atoms with van der Waals surface area (Å²) < 4.78 is 19.2. The number of aliphatic carboxylic acids is 1. The first-order chi connectivity index (χ1) is 9.95. The molecule has 1 unspecified atom stereocenters. The highest BCUT2D eigenvalue weighted by atomic mass is 19.1. The van der Waals surface area contributed by atoms with E-state index < -0.39 is 34.9 Å². The number of hydrogen-bond acceptors (Lipinski definition) is 3. The molecule has 0 aliphatic heterocycles. The van der Waals surface area contributed by atoms with Gasteiger partial charge in [0, 0.05) is 5.56 Å². The van der Waals surface area contributed by atoms with Gasteiger partial charge in [0.05, 0.1) is 11.5 Å². The molecule has 0 saturated heterocycles. The molecule has 1 amide bonds. The molecule has 5 nitrogen and oxygen atoms in total. The number of hydrogen-bond donors (Lipinski definition) is 2. The van der Waals surface area contributed by atoms with Crippen LogP contribution in [0.1, 0.15) is 46.2 Å². The highest BCUT2D eigenvalue weighted by Gasteiger charge is 2.40. The second kappa shape index (κ2) is 6.34. The molecule has 0 radical (unpaired) electrons. The normalized spacial score (nSPS) is 13.4. The number of halogens is 1. The maximum atomic E-state index is 14.0. The lowest BCUT2D eigenvalue weighted by molar-refractivity contribution is -0.148. The summed E-state index contributed by atoms with van der Waals surface area (Å²) in [6.07, 6.45) is -0.796. The molecule has 0 aromatic heterocycles. The van der Waals surface area contributed by atoms with Crippen molar-refractivity contribution in [1.29, 1.82) is 0 Å². The van der Waals surface area contributed by atoms with Crippen molar-refractivity contribution in [2.24, 2.45) is 5.41 Å². The number of nitrogens with one attached hydrogen (secondary N) is 1. The Balaban J connectivity index is 3.17. The SMILES string of the molecule is CC(C)(C)OC(=O)NC(c1ccccc1F)C(C)(C)C(=O)O. The highest BCUT2D eigenvalue weighted by Crippen LogP contribution is 2.35. The molecule has 6 heteroatoms. The predicted molar refractivity (Wildman–Crippen MR) is 79.9 cm³/mol. The Bertz CT molecular complexity index is 564. The predicted octanol–water partition coefficient (Wildman–Crippen LogP) is 3.50. The maximum Gasteiger partial charge on any atom is 0.408 e. The summed E-state index contributed by atoms with van der Waals surface area (Å²) >= 11 is 0. The lowest BCUT2D eigenvalue weighted by Crippen LogP contribution is -2.44. The van der Waals surface area contributed by atoms with Crippen LogP contribution in [0.3, 0.4) is 0 Å². The molecule has 1 rings (SSSR count). The van der Waals surface area contributed by atoms with Gasteiger partial charge in [-0.05, 0) is 40.7 Å². The van der Waals surface area contributed by atoms with Crippen molar-refractivity contribution >= 4 is 12.1 Å². The first kappa shape index (κ1) is 17.9. The number of carbonyl (C=O) groups excluding carboxylic acids is 1. The average Bonchev–Trinajstić information content (AvgIpc) is 2.34. The Morgan fingerprint density at radius 3 is 2.18 bits per heavy atom. The summed E-state index contributed by atoms with van der Waals surface area (Å²) in [6, 6.07) is 4.68. The minimum atomic E-state index is -1.42. The van der Waals surface area contributed by atoms with E-state index in [0.29, 0.717) is 0 Å². The standard InChI is InChI=1S/C16H22FNO4/c1-15(2,3)22-14(21)18-12(16(4,5)13(19)20)10-8-6-7-9-11(10)17/h6-9,12H,1-5H3,(H,18,21)(H,19,20). The molecule has 22 heavy (non-hydrogen) atoms. The summed E-state index contributed by atoms with van der Waals surface area (Å²) in [5.74, 6) is -1.74. The Labute approximate surface area is 129 Å². The van der Waals surface area contributed by atoms with Gasteiger partial charge in [0.15, 0.2) is 0 Å². The molecule has 2 N–H and O–H groups in total. The van der Waals surface area contributed by atoms with Crippen molar-refractivity contribution in [3.8, 4) is 0 Å². The lowest BCUT2D eigenvalue weighted by atomic mass is 9.80. The Hall–Kier alpha value is -2.11. The summed E-state index contributed by atoms with van der Waals surface area (Å²) in [6.45, 7) is 7.90. The van der Waals surface area contributed by atoms with Crippen LogP contribution < -0.4 is 5.32 Å². The lowest BCUT2D eigenvalue weighted by Gasteiger charge is -2.32. The Kier molecular flexibility index (Phi) is 5.17. The molecular formula is C16H22FNO4. The molecule has 0 heterocycles. The molecule has 0 spiro atoms. The van der Waals surface area contributed by atoms with Crippen LogP contribution in [0.15, 0.2) is 24.3 Å². The van der Waals surface area contributed by atoms with E-state index in [4.69, 9.17) is 4.74 Å². The third kappa shape index (κ3) is 4.44. The number of alkyl carbamates (subject to hydrolysis) is 1. The Morgan fingerprint density at radius 1 is 1.18 bits per heavy atom. The van der Waals surface area contributed by atoms with Gasteiger partial charge in [-0.3, -0.25) is 4.79 Å². The third-order valence-corrected chi connectivity index (χ3v) is 3.15. The first-order valence-electron chi connectivity index (χ1n) is 6.92. The largest absolute Gasteiger partial charge is 0.481 e. The summed E-state index contributed by atoms with van der Waals surface area (Å²) in [5.41, 5.74) is -2.06. The molecule has 0 saturated carbocycles. The van der Waals surface area contributed by atoms with Crippen molar-refractivity contribution < 1.29 is 23.8 Å². The van der Waals surface area contributed by atoms with Gasteiger partial charge in [-0.2, -0.15) is 0 Å². The van der Waals surface area contributed by atoms with Crippen LogP contribution in [-0.4, -0.2) is 22.8 Å². The monoisotopic (exact) mass is 311 g/mol. The maximum absolute atomic E-state index is 14.0. The van der Waals surface area contributed by atoms with E-state index >= 15 is 0 Å². The van der Waals surface area contributed by atoms with E-state index in [-0.39, 0.29) is 5.56 Å². The first-order valence-corrected chi connectivity index (χ1v) is 6.92. The molecule has 122 valence electrons. The van der Waals surface area contributed by atoms with Crippen LogP contribution in [0.2, 0.25) is 0 Å². The molecule has 0 bridgehead atoms. The molecule has 1 aromatic carbocycles. The van der Waals surface area contributed by atoms with Gasteiger partial charge in [0.25, 0.3) is 0 Å². The third-order valence-electron chi connectivity index (χ3n) is 3.15. The number of rotatable bonds is 4. The van der Waals surface area contributed by atoms with Gasteiger partial charge in [0.1, 0.15) is 11.4 Å². The summed E-state index contributed by atoms with van der Waals surface area (Å²) in [5, 5.41) is 11.9. The van der Waals surface area contributed by atoms with E-state index in [9.17, 15) is 19.1 Å². The molecule has 0 aliphatic carbocycles. The molecule has 0 fully saturated rings. The number of carboxylic acids is 1. The second-order valence-corrected chi connectivity index (χ2v) is 6.63. The zero-order chi connectivity index (χ0) is 17.1. The van der Waals surface area contributed by atoms with Crippen LogP contribution in [-0.2, 0) is 9.53 Å². The van der Waals surface area contributed by atoms with E-state index in [0.717, 1.165) is 0 Å². The topological polar surface area (TPSA) is 75.6 Å². The van der Waals surface area contributed by atoms with Crippen molar-refractivity contribution in [3.63, 3.8) is 0 Å². The van der Waals surface area contributed by atoms with Gasteiger partial charge in [-0.15, -0.1) is 0 Å². The van der Waals surface area contributed by atoms with Crippen LogP contribution >= 0.6 is 0 Å². The molecule has 1 aromatic rings. The van der Waals surface area contributed by atoms with Gasteiger partial charge in [-0.25, -0.2) is 9.18 Å². The highest BCUT2D eigenvalue weighted by molar-refractivity contribution is 5.77. The number of carbonyl (C=O) groups is 2. The fourth-order valence-electron chi connectivity index (χ4n) is 1.91. The minimum absolute atomic E-state index is 0.0979. The van der Waals surface area contributed by atoms with Crippen LogP contribution in [0.25, 0.3) is 0 Å². The summed E-state index contributed by atoms with van der Waals surface area (Å²) in [4.78, 5) is 23.5. The zero-order valence-corrected chi connectivity index (χ0v) is 13.4. The van der Waals surface area contributed by atoms with E-state index in [1.807, 2.05) is 0 Å².